The first kappa shape index (κ1) is 18.6. The molecule has 1 N–H and O–H groups in total. The number of methoxy groups -OCH3 is 1. The third-order valence-electron chi connectivity index (χ3n) is 3.13. The van der Waals surface area contributed by atoms with E-state index in [0.717, 1.165) is 0 Å². The fraction of sp³-hybridized carbons (Fsp3) is 0.462. The molecule has 0 saturated heterocycles. The van der Waals surface area contributed by atoms with Crippen molar-refractivity contribution in [3.63, 3.8) is 0 Å². The van der Waals surface area contributed by atoms with Gasteiger partial charge in [0.15, 0.2) is 0 Å². The number of rotatable bonds is 6. The van der Waals surface area contributed by atoms with Crippen molar-refractivity contribution in [2.45, 2.75) is 31.2 Å². The summed E-state index contributed by atoms with van der Waals surface area (Å²) in [6, 6.07) is 3.89. The van der Waals surface area contributed by atoms with Crippen molar-refractivity contribution >= 4 is 47.9 Å². The van der Waals surface area contributed by atoms with Crippen LogP contribution in [0.25, 0.3) is 0 Å². The molecule has 0 bridgehead atoms. The summed E-state index contributed by atoms with van der Waals surface area (Å²) in [5.74, 6) is -0.780. The molecule has 5 nitrogen and oxygen atoms in total. The van der Waals surface area contributed by atoms with Gasteiger partial charge in [0.1, 0.15) is 6.04 Å². The average molecular weight is 443 g/mol. The van der Waals surface area contributed by atoms with E-state index in [4.69, 9.17) is 0 Å². The van der Waals surface area contributed by atoms with Crippen molar-refractivity contribution in [2.24, 2.45) is 5.92 Å². The lowest BCUT2D eigenvalue weighted by atomic mass is 10.0. The Bertz CT molecular complexity index is 619. The number of ether oxygens (including phenoxy) is 1. The third kappa shape index (κ3) is 4.77. The van der Waals surface area contributed by atoms with Crippen molar-refractivity contribution in [1.82, 2.24) is 4.72 Å². The average Bonchev–Trinajstić information content (AvgIpc) is 2.45. The van der Waals surface area contributed by atoms with Gasteiger partial charge in [-0.25, -0.2) is 8.42 Å². The summed E-state index contributed by atoms with van der Waals surface area (Å²) in [6.07, 6.45) is 0.641. The Morgan fingerprint density at radius 2 is 2.00 bits per heavy atom. The SMILES string of the molecule is CCC(C)C(NS(=O)(=O)c1cc(Br)ccc1Br)C(=O)OC. The molecule has 0 aromatic heterocycles. The number of hydrogen-bond acceptors (Lipinski definition) is 4. The predicted molar refractivity (Wildman–Crippen MR) is 87.4 cm³/mol. The van der Waals surface area contributed by atoms with Crippen molar-refractivity contribution in [3.8, 4) is 0 Å². The Balaban J connectivity index is 3.17. The van der Waals surface area contributed by atoms with Crippen LogP contribution in [0, 0.1) is 5.92 Å². The normalized spacial score (nSPS) is 14.5. The molecule has 2 unspecified atom stereocenters. The maximum absolute atomic E-state index is 12.5. The molecule has 0 fully saturated rings. The molecule has 0 heterocycles. The fourth-order valence-corrected chi connectivity index (χ4v) is 4.47. The summed E-state index contributed by atoms with van der Waals surface area (Å²) >= 11 is 6.44. The lowest BCUT2D eigenvalue weighted by Crippen LogP contribution is -2.45. The van der Waals surface area contributed by atoms with Gasteiger partial charge < -0.3 is 4.74 Å². The zero-order chi connectivity index (χ0) is 16.2. The monoisotopic (exact) mass is 441 g/mol. The zero-order valence-electron chi connectivity index (χ0n) is 11.9. The number of sulfonamides is 1. The topological polar surface area (TPSA) is 72.5 Å². The van der Waals surface area contributed by atoms with Gasteiger partial charge in [0, 0.05) is 8.95 Å². The van der Waals surface area contributed by atoms with E-state index in [1.165, 1.54) is 13.2 Å². The number of esters is 1. The van der Waals surface area contributed by atoms with E-state index < -0.39 is 22.0 Å². The van der Waals surface area contributed by atoms with Crippen LogP contribution in [0.1, 0.15) is 20.3 Å². The summed E-state index contributed by atoms with van der Waals surface area (Å²) < 4.78 is 33.1. The molecule has 1 aromatic rings. The Labute approximate surface area is 141 Å². The van der Waals surface area contributed by atoms with Crippen molar-refractivity contribution < 1.29 is 17.9 Å². The summed E-state index contributed by atoms with van der Waals surface area (Å²) in [7, 11) is -2.61. The van der Waals surface area contributed by atoms with Gasteiger partial charge in [-0.15, -0.1) is 0 Å². The highest BCUT2D eigenvalue weighted by molar-refractivity contribution is 9.11. The number of hydrogen-bond donors (Lipinski definition) is 1. The zero-order valence-corrected chi connectivity index (χ0v) is 15.9. The van der Waals surface area contributed by atoms with E-state index in [1.807, 2.05) is 6.92 Å². The molecule has 0 aliphatic heterocycles. The van der Waals surface area contributed by atoms with Crippen molar-refractivity contribution in [1.29, 1.82) is 0 Å². The molecule has 0 spiro atoms. The molecule has 0 saturated carbocycles. The minimum Gasteiger partial charge on any atom is -0.468 e. The molecule has 1 rings (SSSR count). The van der Waals surface area contributed by atoms with E-state index in [2.05, 4.69) is 41.3 Å². The lowest BCUT2D eigenvalue weighted by Gasteiger charge is -2.22. The van der Waals surface area contributed by atoms with Gasteiger partial charge in [0.25, 0.3) is 0 Å². The van der Waals surface area contributed by atoms with Gasteiger partial charge >= 0.3 is 5.97 Å². The number of nitrogens with one attached hydrogen (secondary N) is 1. The first-order valence-corrected chi connectivity index (χ1v) is 9.35. The predicted octanol–water partition coefficient (Wildman–Crippen LogP) is 3.08. The van der Waals surface area contributed by atoms with Crippen LogP contribution >= 0.6 is 31.9 Å². The lowest BCUT2D eigenvalue weighted by molar-refractivity contribution is -0.143. The maximum Gasteiger partial charge on any atom is 0.324 e. The molecule has 0 aliphatic carbocycles. The molecule has 118 valence electrons. The highest BCUT2D eigenvalue weighted by atomic mass is 79.9. The van der Waals surface area contributed by atoms with Gasteiger partial charge in [0.2, 0.25) is 10.0 Å². The Hall–Kier alpha value is -0.440. The number of carbonyl (C=O) groups excluding carboxylic acids is 1. The Morgan fingerprint density at radius 1 is 1.38 bits per heavy atom. The largest absolute Gasteiger partial charge is 0.468 e. The standard InChI is InChI=1S/C13H17Br2NO4S/c1-4-8(2)12(13(17)20-3)16-21(18,19)11-7-9(14)5-6-10(11)15/h5-8,12,16H,4H2,1-3H3. The van der Waals surface area contributed by atoms with Gasteiger partial charge in [-0.2, -0.15) is 4.72 Å². The molecule has 2 atom stereocenters. The van der Waals surface area contributed by atoms with E-state index in [0.29, 0.717) is 15.4 Å². The Morgan fingerprint density at radius 3 is 2.52 bits per heavy atom. The first-order chi connectivity index (χ1) is 9.72. The van der Waals surface area contributed by atoms with Crippen LogP contribution in [0.4, 0.5) is 0 Å². The van der Waals surface area contributed by atoms with Crippen LogP contribution in [0.15, 0.2) is 32.0 Å². The molecule has 21 heavy (non-hydrogen) atoms. The van der Waals surface area contributed by atoms with Gasteiger partial charge in [-0.05, 0) is 40.0 Å². The number of halogens is 2. The van der Waals surface area contributed by atoms with Gasteiger partial charge in [-0.1, -0.05) is 36.2 Å². The van der Waals surface area contributed by atoms with Crippen LogP contribution in [0.3, 0.4) is 0 Å². The molecular weight excluding hydrogens is 426 g/mol. The summed E-state index contributed by atoms with van der Waals surface area (Å²) in [4.78, 5) is 11.9. The van der Waals surface area contributed by atoms with Gasteiger partial charge in [0.05, 0.1) is 12.0 Å². The molecule has 0 aliphatic rings. The van der Waals surface area contributed by atoms with E-state index in [1.54, 1.807) is 19.1 Å². The second-order valence-electron chi connectivity index (χ2n) is 4.58. The Kier molecular flexibility index (Phi) is 6.83. The summed E-state index contributed by atoms with van der Waals surface area (Å²) in [6.45, 7) is 3.67. The quantitative estimate of drug-likeness (QED) is 0.687. The highest BCUT2D eigenvalue weighted by Crippen LogP contribution is 2.26. The van der Waals surface area contributed by atoms with Crippen LogP contribution in [0.5, 0.6) is 0 Å². The van der Waals surface area contributed by atoms with Crippen molar-refractivity contribution in [3.05, 3.63) is 27.1 Å². The molecular formula is C13H17Br2NO4S. The first-order valence-electron chi connectivity index (χ1n) is 6.28. The smallest absolute Gasteiger partial charge is 0.324 e. The minimum atomic E-state index is -3.85. The fourth-order valence-electron chi connectivity index (χ4n) is 1.67. The number of carbonyl (C=O) groups is 1. The van der Waals surface area contributed by atoms with Crippen LogP contribution < -0.4 is 4.72 Å². The second kappa shape index (κ2) is 7.71. The molecule has 8 heteroatoms. The second-order valence-corrected chi connectivity index (χ2v) is 8.03. The minimum absolute atomic E-state index is 0.0640. The summed E-state index contributed by atoms with van der Waals surface area (Å²) in [5, 5.41) is 0. The highest BCUT2D eigenvalue weighted by Gasteiger charge is 2.31. The molecule has 0 amide bonds. The van der Waals surface area contributed by atoms with E-state index in [9.17, 15) is 13.2 Å². The van der Waals surface area contributed by atoms with Crippen molar-refractivity contribution in [2.75, 3.05) is 7.11 Å². The van der Waals surface area contributed by atoms with E-state index in [-0.39, 0.29) is 10.8 Å². The van der Waals surface area contributed by atoms with Crippen LogP contribution in [-0.4, -0.2) is 27.5 Å². The summed E-state index contributed by atoms with van der Waals surface area (Å²) in [5.41, 5.74) is 0. The molecule has 1 aromatic carbocycles. The maximum atomic E-state index is 12.5. The van der Waals surface area contributed by atoms with Gasteiger partial charge in [-0.3, -0.25) is 4.79 Å². The third-order valence-corrected chi connectivity index (χ3v) is 6.06. The van der Waals surface area contributed by atoms with Crippen LogP contribution in [0.2, 0.25) is 0 Å². The van der Waals surface area contributed by atoms with E-state index >= 15 is 0 Å². The number of benzene rings is 1. The molecule has 0 radical (unpaired) electrons. The van der Waals surface area contributed by atoms with Crippen LogP contribution in [-0.2, 0) is 19.6 Å².